The molecule has 0 unspecified atom stereocenters. The minimum atomic E-state index is -0.643. The van der Waals surface area contributed by atoms with E-state index in [-0.39, 0.29) is 17.7 Å². The Balaban J connectivity index is 1.57. The summed E-state index contributed by atoms with van der Waals surface area (Å²) >= 11 is 0. The summed E-state index contributed by atoms with van der Waals surface area (Å²) in [4.78, 5) is 19.1. The van der Waals surface area contributed by atoms with Crippen LogP contribution in [-0.2, 0) is 17.8 Å². The molecule has 0 bridgehead atoms. The Labute approximate surface area is 179 Å². The van der Waals surface area contributed by atoms with Crippen molar-refractivity contribution in [2.75, 3.05) is 13.1 Å². The second-order valence-corrected chi connectivity index (χ2v) is 8.83. The Bertz CT molecular complexity index is 906. The van der Waals surface area contributed by atoms with E-state index in [1.54, 1.807) is 12.4 Å². The van der Waals surface area contributed by atoms with Crippen LogP contribution >= 0.6 is 0 Å². The highest BCUT2D eigenvalue weighted by Gasteiger charge is 2.38. The second-order valence-electron chi connectivity index (χ2n) is 8.83. The summed E-state index contributed by atoms with van der Waals surface area (Å²) in [6.07, 6.45) is 6.82. The van der Waals surface area contributed by atoms with E-state index in [9.17, 15) is 9.90 Å². The maximum Gasteiger partial charge on any atom is 0.225 e. The maximum absolute atomic E-state index is 13.0. The minimum absolute atomic E-state index is 0.0581. The van der Waals surface area contributed by atoms with Gasteiger partial charge in [-0.25, -0.2) is 0 Å². The molecule has 1 fully saturated rings. The molecule has 1 aliphatic carbocycles. The zero-order valence-electron chi connectivity index (χ0n) is 18.2. The number of pyridine rings is 1. The Hall–Kier alpha value is -2.40. The molecule has 5 nitrogen and oxygen atoms in total. The number of hydrogen-bond donors (Lipinski definition) is 1. The number of ether oxygens (including phenoxy) is 1. The van der Waals surface area contributed by atoms with E-state index in [1.807, 2.05) is 30.9 Å². The van der Waals surface area contributed by atoms with E-state index < -0.39 is 6.10 Å². The van der Waals surface area contributed by atoms with Gasteiger partial charge in [0.25, 0.3) is 0 Å². The van der Waals surface area contributed by atoms with Crippen LogP contribution in [0.5, 0.6) is 5.75 Å². The third-order valence-electron chi connectivity index (χ3n) is 6.92. The highest BCUT2D eigenvalue weighted by molar-refractivity contribution is 5.79. The van der Waals surface area contributed by atoms with Crippen molar-refractivity contribution in [3.63, 3.8) is 0 Å². The fourth-order valence-corrected chi connectivity index (χ4v) is 5.11. The largest absolute Gasteiger partial charge is 0.489 e. The van der Waals surface area contributed by atoms with Crippen LogP contribution in [0.3, 0.4) is 0 Å². The number of hydrogen-bond acceptors (Lipinski definition) is 4. The molecular weight excluding hydrogens is 376 g/mol. The van der Waals surface area contributed by atoms with Crippen molar-refractivity contribution < 1.29 is 14.6 Å². The van der Waals surface area contributed by atoms with Gasteiger partial charge in [0.05, 0.1) is 6.10 Å². The van der Waals surface area contributed by atoms with Crippen molar-refractivity contribution in [1.82, 2.24) is 9.88 Å². The Morgan fingerprint density at radius 3 is 2.80 bits per heavy atom. The van der Waals surface area contributed by atoms with Gasteiger partial charge in [-0.3, -0.25) is 9.78 Å². The quantitative estimate of drug-likeness (QED) is 0.808. The van der Waals surface area contributed by atoms with Crippen LogP contribution in [0, 0.1) is 25.7 Å². The molecule has 160 valence electrons. The van der Waals surface area contributed by atoms with Gasteiger partial charge in [0, 0.05) is 42.9 Å². The number of aromatic nitrogens is 1. The molecule has 0 radical (unpaired) electrons. The topological polar surface area (TPSA) is 62.7 Å². The summed E-state index contributed by atoms with van der Waals surface area (Å²) in [5, 5.41) is 11.4. The number of aliphatic hydroxyl groups excluding tert-OH is 1. The third kappa shape index (κ3) is 3.95. The van der Waals surface area contributed by atoms with E-state index in [0.29, 0.717) is 6.61 Å². The third-order valence-corrected chi connectivity index (χ3v) is 6.92. The first-order chi connectivity index (χ1) is 14.5. The molecule has 2 aromatic rings. The van der Waals surface area contributed by atoms with Gasteiger partial charge in [0.15, 0.2) is 0 Å². The first kappa shape index (κ1) is 20.9. The summed E-state index contributed by atoms with van der Waals surface area (Å²) in [7, 11) is 0. The van der Waals surface area contributed by atoms with Crippen LogP contribution in [0.1, 0.15) is 60.1 Å². The number of rotatable bonds is 5. The molecule has 1 amide bonds. The number of nitrogens with zero attached hydrogens (tertiary/aromatic N) is 2. The first-order valence-electron chi connectivity index (χ1n) is 11.1. The number of likely N-dealkylation sites (tertiary alicyclic amines) is 1. The summed E-state index contributed by atoms with van der Waals surface area (Å²) in [5.74, 6) is 0.759. The number of aliphatic hydroxyl groups is 1. The van der Waals surface area contributed by atoms with Crippen molar-refractivity contribution in [3.8, 4) is 5.75 Å². The average molecular weight is 409 g/mol. The molecule has 1 saturated heterocycles. The molecule has 0 saturated carbocycles. The molecule has 3 atom stereocenters. The Morgan fingerprint density at radius 1 is 1.33 bits per heavy atom. The fraction of sp³-hybridized carbons (Fsp3) is 0.520. The minimum Gasteiger partial charge on any atom is -0.489 e. The molecule has 2 heterocycles. The van der Waals surface area contributed by atoms with Gasteiger partial charge in [-0.1, -0.05) is 13.0 Å². The van der Waals surface area contributed by atoms with Crippen LogP contribution < -0.4 is 4.74 Å². The normalized spacial score (nSPS) is 21.9. The van der Waals surface area contributed by atoms with E-state index >= 15 is 0 Å². The van der Waals surface area contributed by atoms with Gasteiger partial charge in [-0.2, -0.15) is 0 Å². The lowest BCUT2D eigenvalue weighted by Crippen LogP contribution is -2.39. The highest BCUT2D eigenvalue weighted by Crippen LogP contribution is 2.44. The zero-order valence-corrected chi connectivity index (χ0v) is 18.2. The number of aryl methyl sites for hydroxylation is 1. The maximum atomic E-state index is 13.0. The van der Waals surface area contributed by atoms with E-state index in [0.717, 1.165) is 66.8 Å². The van der Waals surface area contributed by atoms with Crippen LogP contribution in [0.2, 0.25) is 0 Å². The van der Waals surface area contributed by atoms with Crippen molar-refractivity contribution in [2.24, 2.45) is 11.8 Å². The summed E-state index contributed by atoms with van der Waals surface area (Å²) in [6, 6.07) is 5.97. The van der Waals surface area contributed by atoms with Gasteiger partial charge < -0.3 is 14.7 Å². The molecular formula is C25H32N2O3. The summed E-state index contributed by atoms with van der Waals surface area (Å²) in [5.41, 5.74) is 5.32. The Kier molecular flexibility index (Phi) is 6.09. The molecule has 30 heavy (non-hydrogen) atoms. The van der Waals surface area contributed by atoms with Gasteiger partial charge in [0.2, 0.25) is 5.91 Å². The van der Waals surface area contributed by atoms with Crippen molar-refractivity contribution in [3.05, 3.63) is 58.4 Å². The smallest absolute Gasteiger partial charge is 0.225 e. The van der Waals surface area contributed by atoms with E-state index in [4.69, 9.17) is 4.74 Å². The fourth-order valence-electron chi connectivity index (χ4n) is 5.11. The molecule has 1 aliphatic heterocycles. The van der Waals surface area contributed by atoms with Gasteiger partial charge in [0.1, 0.15) is 12.4 Å². The standard InChI is InChI=1S/C25H32N2O3/c1-16-13-22(30-15-19-7-6-10-26-14-19)18(3)23-20(16)8-9-21(24(23)28)17(2)25(29)27-11-4-5-12-27/h6-7,10,13-14,17,21,24,28H,4-5,8-9,11-12,15H2,1-3H3/t17-,21+,24+/m0/s1. The molecule has 1 N–H and O–H groups in total. The molecule has 1 aromatic heterocycles. The number of amides is 1. The lowest BCUT2D eigenvalue weighted by Gasteiger charge is -2.37. The first-order valence-corrected chi connectivity index (χ1v) is 11.1. The monoisotopic (exact) mass is 408 g/mol. The van der Waals surface area contributed by atoms with Crippen LogP contribution in [0.15, 0.2) is 30.6 Å². The van der Waals surface area contributed by atoms with Crippen molar-refractivity contribution >= 4 is 5.91 Å². The average Bonchev–Trinajstić information content (AvgIpc) is 3.30. The highest BCUT2D eigenvalue weighted by atomic mass is 16.5. The van der Waals surface area contributed by atoms with E-state index in [2.05, 4.69) is 18.0 Å². The van der Waals surface area contributed by atoms with Crippen LogP contribution in [0.4, 0.5) is 0 Å². The van der Waals surface area contributed by atoms with Gasteiger partial charge >= 0.3 is 0 Å². The molecule has 5 heteroatoms. The lowest BCUT2D eigenvalue weighted by molar-refractivity contribution is -0.137. The number of carbonyl (C=O) groups is 1. The summed E-state index contributed by atoms with van der Waals surface area (Å²) in [6.45, 7) is 8.25. The van der Waals surface area contributed by atoms with Gasteiger partial charge in [-0.15, -0.1) is 0 Å². The van der Waals surface area contributed by atoms with E-state index in [1.165, 1.54) is 5.56 Å². The number of fused-ring (bicyclic) bond motifs is 1. The lowest BCUT2D eigenvalue weighted by atomic mass is 9.72. The molecule has 2 aliphatic rings. The SMILES string of the molecule is Cc1cc(OCc2cccnc2)c(C)c2c1CC[C@H]([C@H](C)C(=O)N1CCCC1)[C@H]2O. The van der Waals surface area contributed by atoms with Crippen molar-refractivity contribution in [2.45, 2.75) is 59.2 Å². The molecule has 4 rings (SSSR count). The number of carbonyl (C=O) groups excluding carboxylic acids is 1. The van der Waals surface area contributed by atoms with Crippen LogP contribution in [-0.4, -0.2) is 34.0 Å². The molecule has 1 aromatic carbocycles. The zero-order chi connectivity index (χ0) is 21.3. The number of benzene rings is 1. The summed E-state index contributed by atoms with van der Waals surface area (Å²) < 4.78 is 6.12. The molecule has 0 spiro atoms. The second kappa shape index (κ2) is 8.76. The predicted molar refractivity (Wildman–Crippen MR) is 116 cm³/mol. The van der Waals surface area contributed by atoms with Gasteiger partial charge in [-0.05, 0) is 73.9 Å². The predicted octanol–water partition coefficient (Wildman–Crippen LogP) is 4.13. The van der Waals surface area contributed by atoms with Crippen molar-refractivity contribution in [1.29, 1.82) is 0 Å². The Morgan fingerprint density at radius 2 is 2.10 bits per heavy atom. The van der Waals surface area contributed by atoms with Crippen LogP contribution in [0.25, 0.3) is 0 Å².